The number of fused-ring (bicyclic) bond motifs is 1. The molecule has 0 saturated heterocycles. The largest absolute Gasteiger partial charge is 0.368 e. The van der Waals surface area contributed by atoms with E-state index in [0.29, 0.717) is 28.0 Å². The molecule has 0 radical (unpaired) electrons. The Hall–Kier alpha value is -3.89. The lowest BCUT2D eigenvalue weighted by molar-refractivity contribution is 0.580. The van der Waals surface area contributed by atoms with E-state index in [1.165, 1.54) is 6.07 Å². The topological polar surface area (TPSA) is 145 Å². The molecule has 0 aliphatic heterocycles. The summed E-state index contributed by atoms with van der Waals surface area (Å²) in [6.07, 6.45) is 1.70. The fourth-order valence-electron chi connectivity index (χ4n) is 4.03. The minimum Gasteiger partial charge on any atom is -0.368 e. The van der Waals surface area contributed by atoms with Crippen molar-refractivity contribution >= 4 is 33.0 Å². The van der Waals surface area contributed by atoms with Crippen LogP contribution < -0.4 is 5.73 Å². The number of nitrogens with two attached hydrogens (primary N) is 1. The van der Waals surface area contributed by atoms with Crippen LogP contribution in [-0.4, -0.2) is 32.2 Å². The smallest absolute Gasteiger partial charge is 0.244 e. The molecule has 1 aliphatic rings. The van der Waals surface area contributed by atoms with Crippen molar-refractivity contribution in [2.24, 2.45) is 5.11 Å². The first-order valence-electron chi connectivity index (χ1n) is 10.7. The number of azide groups is 1. The zero-order valence-electron chi connectivity index (χ0n) is 18.4. The second kappa shape index (κ2) is 7.86. The minimum absolute atomic E-state index is 0.0357. The van der Waals surface area contributed by atoms with Crippen molar-refractivity contribution in [3.8, 4) is 22.5 Å². The Bertz CT molecular complexity index is 1590. The third kappa shape index (κ3) is 3.39. The van der Waals surface area contributed by atoms with Gasteiger partial charge in [-0.3, -0.25) is 0 Å². The van der Waals surface area contributed by atoms with Gasteiger partial charge >= 0.3 is 0 Å². The number of aromatic nitrogens is 4. The molecule has 1 saturated carbocycles. The molecule has 0 unspecified atom stereocenters. The normalized spacial score (nSPS) is 14.0. The Kier molecular flexibility index (Phi) is 5.07. The van der Waals surface area contributed by atoms with Crippen molar-refractivity contribution in [2.75, 3.05) is 5.73 Å². The Morgan fingerprint density at radius 1 is 1.21 bits per heavy atom. The molecular formula is C22H21FN8O2S. The van der Waals surface area contributed by atoms with Crippen LogP contribution in [0.15, 0.2) is 47.6 Å². The van der Waals surface area contributed by atoms with Crippen molar-refractivity contribution in [1.82, 2.24) is 18.5 Å². The van der Waals surface area contributed by atoms with Crippen LogP contribution in [-0.2, 0) is 10.0 Å². The molecule has 0 amide bonds. The first kappa shape index (κ1) is 21.9. The Labute approximate surface area is 194 Å². The van der Waals surface area contributed by atoms with E-state index < -0.39 is 21.1 Å². The van der Waals surface area contributed by atoms with Crippen LogP contribution in [0, 0.1) is 5.82 Å². The third-order valence-electron chi connectivity index (χ3n) is 5.83. The van der Waals surface area contributed by atoms with E-state index in [1.54, 1.807) is 54.8 Å². The second-order valence-electron chi connectivity index (χ2n) is 8.41. The summed E-state index contributed by atoms with van der Waals surface area (Å²) in [6.45, 7) is 3.13. The van der Waals surface area contributed by atoms with Crippen LogP contribution in [0.5, 0.6) is 0 Å². The molecule has 12 heteroatoms. The van der Waals surface area contributed by atoms with E-state index in [2.05, 4.69) is 20.0 Å². The lowest BCUT2D eigenvalue weighted by Crippen LogP contribution is -2.23. The van der Waals surface area contributed by atoms with Gasteiger partial charge in [0.25, 0.3) is 0 Å². The van der Waals surface area contributed by atoms with Gasteiger partial charge < -0.3 is 10.3 Å². The average Bonchev–Trinajstić information content (AvgIpc) is 3.47. The van der Waals surface area contributed by atoms with E-state index in [1.807, 2.05) is 0 Å². The molecule has 5 rings (SSSR count). The molecule has 10 nitrogen and oxygen atoms in total. The molecular weight excluding hydrogens is 459 g/mol. The highest BCUT2D eigenvalue weighted by Gasteiger charge is 2.32. The van der Waals surface area contributed by atoms with E-state index in [-0.39, 0.29) is 23.5 Å². The predicted octanol–water partition coefficient (Wildman–Crippen LogP) is 5.15. The SMILES string of the molecule is CC(C)S(=O)(=O)n1c(N)nc2ccc(-c3c(-c4ccccc4F)nc(N=[N+]=[N-])n3C3CC3)cc21. The molecule has 2 N–H and O–H groups in total. The van der Waals surface area contributed by atoms with Crippen molar-refractivity contribution < 1.29 is 12.8 Å². The van der Waals surface area contributed by atoms with Crippen LogP contribution in [0.1, 0.15) is 32.7 Å². The molecule has 2 aromatic carbocycles. The molecule has 1 aliphatic carbocycles. The lowest BCUT2D eigenvalue weighted by atomic mass is 10.0. The maximum Gasteiger partial charge on any atom is 0.244 e. The maximum absolute atomic E-state index is 14.8. The third-order valence-corrected chi connectivity index (χ3v) is 7.91. The van der Waals surface area contributed by atoms with Crippen molar-refractivity contribution in [1.29, 1.82) is 0 Å². The number of halogens is 1. The van der Waals surface area contributed by atoms with Crippen LogP contribution in [0.25, 0.3) is 44.0 Å². The average molecular weight is 481 g/mol. The summed E-state index contributed by atoms with van der Waals surface area (Å²) < 4.78 is 43.7. The summed E-state index contributed by atoms with van der Waals surface area (Å²) in [4.78, 5) is 11.6. The van der Waals surface area contributed by atoms with E-state index in [4.69, 9.17) is 11.3 Å². The molecule has 2 aromatic heterocycles. The number of anilines is 1. The summed E-state index contributed by atoms with van der Waals surface area (Å²) in [7, 11) is -3.80. The number of nitrogen functional groups attached to an aromatic ring is 1. The molecule has 1 fully saturated rings. The Morgan fingerprint density at radius 2 is 1.94 bits per heavy atom. The number of imidazole rings is 2. The van der Waals surface area contributed by atoms with Gasteiger partial charge in [0, 0.05) is 22.1 Å². The minimum atomic E-state index is -3.80. The van der Waals surface area contributed by atoms with E-state index in [9.17, 15) is 12.8 Å². The molecule has 34 heavy (non-hydrogen) atoms. The summed E-state index contributed by atoms with van der Waals surface area (Å²) in [5.41, 5.74) is 17.5. The van der Waals surface area contributed by atoms with E-state index in [0.717, 1.165) is 16.8 Å². The molecule has 2 heterocycles. The quantitative estimate of drug-likeness (QED) is 0.230. The number of rotatable bonds is 6. The van der Waals surface area contributed by atoms with Crippen molar-refractivity contribution in [2.45, 2.75) is 38.0 Å². The number of hydrogen-bond acceptors (Lipinski definition) is 6. The Morgan fingerprint density at radius 3 is 2.59 bits per heavy atom. The molecule has 0 bridgehead atoms. The van der Waals surface area contributed by atoms with Gasteiger partial charge in [0.1, 0.15) is 5.82 Å². The summed E-state index contributed by atoms with van der Waals surface area (Å²) in [6, 6.07) is 11.3. The van der Waals surface area contributed by atoms with Gasteiger partial charge in [-0.15, -0.1) is 0 Å². The van der Waals surface area contributed by atoms with Crippen LogP contribution in [0.2, 0.25) is 0 Å². The first-order valence-corrected chi connectivity index (χ1v) is 12.2. The van der Waals surface area contributed by atoms with Crippen LogP contribution >= 0.6 is 0 Å². The highest BCUT2D eigenvalue weighted by Crippen LogP contribution is 2.46. The molecule has 174 valence electrons. The molecule has 0 atom stereocenters. The summed E-state index contributed by atoms with van der Waals surface area (Å²) >= 11 is 0. The fraction of sp³-hybridized carbons (Fsp3) is 0.273. The fourth-order valence-corrected chi connectivity index (χ4v) is 5.17. The van der Waals surface area contributed by atoms with Gasteiger partial charge in [0.2, 0.25) is 16.0 Å². The Balaban J connectivity index is 1.84. The number of hydrogen-bond donors (Lipinski definition) is 1. The summed E-state index contributed by atoms with van der Waals surface area (Å²) in [5.74, 6) is -0.490. The second-order valence-corrected chi connectivity index (χ2v) is 10.7. The van der Waals surface area contributed by atoms with Crippen LogP contribution in [0.3, 0.4) is 0 Å². The predicted molar refractivity (Wildman–Crippen MR) is 127 cm³/mol. The van der Waals surface area contributed by atoms with Gasteiger partial charge in [-0.1, -0.05) is 18.2 Å². The van der Waals surface area contributed by atoms with Gasteiger partial charge in [-0.2, -0.15) is 0 Å². The zero-order valence-corrected chi connectivity index (χ0v) is 19.2. The van der Waals surface area contributed by atoms with Gasteiger partial charge in [-0.25, -0.2) is 26.7 Å². The number of nitrogens with zero attached hydrogens (tertiary/aromatic N) is 7. The number of benzene rings is 2. The highest BCUT2D eigenvalue weighted by molar-refractivity contribution is 7.90. The molecule has 0 spiro atoms. The van der Waals surface area contributed by atoms with Gasteiger partial charge in [-0.05, 0) is 61.6 Å². The van der Waals surface area contributed by atoms with Crippen molar-refractivity contribution in [3.63, 3.8) is 0 Å². The van der Waals surface area contributed by atoms with Gasteiger partial charge in [0.05, 0.1) is 27.7 Å². The van der Waals surface area contributed by atoms with Gasteiger partial charge in [0.15, 0.2) is 5.95 Å². The first-order chi connectivity index (χ1) is 16.2. The summed E-state index contributed by atoms with van der Waals surface area (Å²) in [5, 5.41) is 3.03. The highest BCUT2D eigenvalue weighted by atomic mass is 32.2. The van der Waals surface area contributed by atoms with Crippen LogP contribution in [0.4, 0.5) is 16.3 Å². The molecule has 4 aromatic rings. The lowest BCUT2D eigenvalue weighted by Gasteiger charge is -2.13. The monoisotopic (exact) mass is 480 g/mol. The van der Waals surface area contributed by atoms with E-state index >= 15 is 0 Å². The maximum atomic E-state index is 14.8. The zero-order chi connectivity index (χ0) is 24.2. The standard InChI is InChI=1S/C22H21FN8O2S/c1-12(2)34(32,33)31-18-11-13(7-10-17(18)26-21(31)24)20-19(15-5-3-4-6-16(15)23)27-22(28-29-25)30(20)14-8-9-14/h3-7,10-12,14H,8-9H2,1-2H3,(H2,24,26). The van der Waals surface area contributed by atoms with Crippen molar-refractivity contribution in [3.05, 3.63) is 58.7 Å².